The zero-order valence-corrected chi connectivity index (χ0v) is 15.9. The number of likely N-dealkylation sites (tertiary alicyclic amines) is 1. The van der Waals surface area contributed by atoms with Crippen molar-refractivity contribution in [3.05, 3.63) is 58.9 Å². The van der Waals surface area contributed by atoms with E-state index in [-0.39, 0.29) is 11.7 Å². The van der Waals surface area contributed by atoms with Crippen LogP contribution in [0.4, 0.5) is 0 Å². The minimum Gasteiger partial charge on any atom is -0.339 e. The first-order chi connectivity index (χ1) is 13.0. The zero-order valence-electron chi connectivity index (χ0n) is 15.1. The summed E-state index contributed by atoms with van der Waals surface area (Å²) in [4.78, 5) is 31.4. The van der Waals surface area contributed by atoms with Gasteiger partial charge in [-0.3, -0.25) is 14.2 Å². The average molecular weight is 382 g/mol. The molecule has 3 aromatic rings. The Morgan fingerprint density at radius 1 is 1.04 bits per heavy atom. The average Bonchev–Trinajstić information content (AvgIpc) is 3.07. The first kappa shape index (κ1) is 17.7. The van der Waals surface area contributed by atoms with Crippen LogP contribution in [-0.2, 0) is 0 Å². The fourth-order valence-electron chi connectivity index (χ4n) is 3.61. The molecule has 138 valence electrons. The highest BCUT2D eigenvalue weighted by atomic mass is 35.5. The van der Waals surface area contributed by atoms with Crippen LogP contribution in [0, 0.1) is 0 Å². The van der Waals surface area contributed by atoms with E-state index in [1.165, 1.54) is 13.3 Å². The lowest BCUT2D eigenvalue weighted by Crippen LogP contribution is -2.35. The quantitative estimate of drug-likeness (QED) is 0.627. The SMILES string of the molecule is CC(=O)c1nc2cc(C(=O)N3CCCCC3)ccc2n1-c1cccc(Cl)c1. The number of benzene rings is 2. The maximum absolute atomic E-state index is 12.8. The first-order valence-electron chi connectivity index (χ1n) is 9.13. The minimum absolute atomic E-state index is 0.0262. The van der Waals surface area contributed by atoms with E-state index in [2.05, 4.69) is 4.98 Å². The van der Waals surface area contributed by atoms with Gasteiger partial charge in [0.2, 0.25) is 0 Å². The van der Waals surface area contributed by atoms with Gasteiger partial charge < -0.3 is 4.90 Å². The second-order valence-electron chi connectivity index (χ2n) is 6.86. The topological polar surface area (TPSA) is 55.2 Å². The van der Waals surface area contributed by atoms with Crippen molar-refractivity contribution in [1.82, 2.24) is 14.5 Å². The van der Waals surface area contributed by atoms with E-state index in [4.69, 9.17) is 11.6 Å². The molecular weight excluding hydrogens is 362 g/mol. The molecule has 1 aromatic heterocycles. The van der Waals surface area contributed by atoms with Gasteiger partial charge in [-0.2, -0.15) is 0 Å². The van der Waals surface area contributed by atoms with Crippen molar-refractivity contribution >= 4 is 34.3 Å². The van der Waals surface area contributed by atoms with E-state index in [9.17, 15) is 9.59 Å². The maximum Gasteiger partial charge on any atom is 0.253 e. The number of Topliss-reactive ketones (excluding diaryl/α,β-unsaturated/α-hetero) is 1. The molecule has 27 heavy (non-hydrogen) atoms. The smallest absolute Gasteiger partial charge is 0.253 e. The van der Waals surface area contributed by atoms with Crippen LogP contribution in [0.15, 0.2) is 42.5 Å². The van der Waals surface area contributed by atoms with Gasteiger partial charge in [-0.05, 0) is 55.7 Å². The number of hydrogen-bond donors (Lipinski definition) is 0. The number of carbonyl (C=O) groups excluding carboxylic acids is 2. The monoisotopic (exact) mass is 381 g/mol. The summed E-state index contributed by atoms with van der Waals surface area (Å²) in [6.07, 6.45) is 3.27. The van der Waals surface area contributed by atoms with Crippen LogP contribution in [0.3, 0.4) is 0 Å². The molecule has 4 rings (SSSR count). The predicted molar refractivity (Wildman–Crippen MR) is 106 cm³/mol. The maximum atomic E-state index is 12.8. The van der Waals surface area contributed by atoms with Crippen molar-refractivity contribution in [1.29, 1.82) is 0 Å². The van der Waals surface area contributed by atoms with Gasteiger partial charge in [-0.25, -0.2) is 4.98 Å². The molecule has 6 heteroatoms. The molecule has 0 N–H and O–H groups in total. The largest absolute Gasteiger partial charge is 0.339 e. The lowest BCUT2D eigenvalue weighted by Gasteiger charge is -2.26. The molecule has 5 nitrogen and oxygen atoms in total. The molecule has 1 aliphatic rings. The summed E-state index contributed by atoms with van der Waals surface area (Å²) in [6, 6.07) is 12.7. The van der Waals surface area contributed by atoms with E-state index in [0.29, 0.717) is 21.9 Å². The predicted octanol–water partition coefficient (Wildman–Crippen LogP) is 4.51. The van der Waals surface area contributed by atoms with Crippen LogP contribution in [0.2, 0.25) is 5.02 Å². The third kappa shape index (κ3) is 3.35. The Balaban J connectivity index is 1.81. The number of ketones is 1. The number of aromatic nitrogens is 2. The molecule has 0 radical (unpaired) electrons. The summed E-state index contributed by atoms with van der Waals surface area (Å²) in [6.45, 7) is 3.08. The van der Waals surface area contributed by atoms with Crippen molar-refractivity contribution in [2.75, 3.05) is 13.1 Å². The number of piperidine rings is 1. The highest BCUT2D eigenvalue weighted by Gasteiger charge is 2.21. The number of halogens is 1. The Hall–Kier alpha value is -2.66. The van der Waals surface area contributed by atoms with E-state index in [1.54, 1.807) is 22.8 Å². The van der Waals surface area contributed by atoms with E-state index in [0.717, 1.165) is 37.1 Å². The Kier molecular flexibility index (Phi) is 4.70. The van der Waals surface area contributed by atoms with E-state index < -0.39 is 0 Å². The molecule has 0 spiro atoms. The summed E-state index contributed by atoms with van der Waals surface area (Å²) >= 11 is 6.13. The number of rotatable bonds is 3. The van der Waals surface area contributed by atoms with Crippen LogP contribution >= 0.6 is 11.6 Å². The second-order valence-corrected chi connectivity index (χ2v) is 7.30. The number of nitrogens with zero attached hydrogens (tertiary/aromatic N) is 3. The molecule has 1 amide bonds. The van der Waals surface area contributed by atoms with Gasteiger partial charge in [0.1, 0.15) is 0 Å². The molecule has 2 heterocycles. The summed E-state index contributed by atoms with van der Waals surface area (Å²) in [5.41, 5.74) is 2.78. The van der Waals surface area contributed by atoms with Crippen molar-refractivity contribution in [2.45, 2.75) is 26.2 Å². The number of amides is 1. The van der Waals surface area contributed by atoms with Gasteiger partial charge in [0.15, 0.2) is 11.6 Å². The van der Waals surface area contributed by atoms with Crippen molar-refractivity contribution < 1.29 is 9.59 Å². The Bertz CT molecular complexity index is 1040. The molecular formula is C21H20ClN3O2. The van der Waals surface area contributed by atoms with Crippen LogP contribution < -0.4 is 0 Å². The van der Waals surface area contributed by atoms with Gasteiger partial charge >= 0.3 is 0 Å². The molecule has 0 unspecified atom stereocenters. The summed E-state index contributed by atoms with van der Waals surface area (Å²) in [5.74, 6) is 0.211. The van der Waals surface area contributed by atoms with Gasteiger partial charge in [-0.1, -0.05) is 17.7 Å². The fraction of sp³-hybridized carbons (Fsp3) is 0.286. The standard InChI is InChI=1S/C21H20ClN3O2/c1-14(26)20-23-18-12-15(21(27)24-10-3-2-4-11-24)8-9-19(18)25(20)17-7-5-6-16(22)13-17/h5-9,12-13H,2-4,10-11H2,1H3. The summed E-state index contributed by atoms with van der Waals surface area (Å²) in [5, 5.41) is 0.584. The van der Waals surface area contributed by atoms with Crippen molar-refractivity contribution in [3.63, 3.8) is 0 Å². The molecule has 1 aliphatic heterocycles. The van der Waals surface area contributed by atoms with Gasteiger partial charge in [0.05, 0.1) is 11.0 Å². The second kappa shape index (κ2) is 7.16. The fourth-order valence-corrected chi connectivity index (χ4v) is 3.79. The van der Waals surface area contributed by atoms with Crippen LogP contribution in [0.25, 0.3) is 16.7 Å². The van der Waals surface area contributed by atoms with Crippen molar-refractivity contribution in [2.24, 2.45) is 0 Å². The molecule has 0 atom stereocenters. The highest BCUT2D eigenvalue weighted by Crippen LogP contribution is 2.25. The normalized spacial score (nSPS) is 14.5. The number of hydrogen-bond acceptors (Lipinski definition) is 3. The van der Waals surface area contributed by atoms with Crippen LogP contribution in [-0.4, -0.2) is 39.2 Å². The molecule has 0 bridgehead atoms. The van der Waals surface area contributed by atoms with E-state index in [1.807, 2.05) is 29.2 Å². The van der Waals surface area contributed by atoms with Crippen LogP contribution in [0.5, 0.6) is 0 Å². The molecule has 2 aromatic carbocycles. The molecule has 1 fully saturated rings. The number of imidazole rings is 1. The van der Waals surface area contributed by atoms with Gasteiger partial charge in [0.25, 0.3) is 5.91 Å². The lowest BCUT2D eigenvalue weighted by atomic mass is 10.1. The minimum atomic E-state index is -0.143. The van der Waals surface area contributed by atoms with Crippen molar-refractivity contribution in [3.8, 4) is 5.69 Å². The van der Waals surface area contributed by atoms with E-state index >= 15 is 0 Å². The van der Waals surface area contributed by atoms with Gasteiger partial charge in [-0.15, -0.1) is 0 Å². The Morgan fingerprint density at radius 3 is 2.52 bits per heavy atom. The van der Waals surface area contributed by atoms with Crippen LogP contribution in [0.1, 0.15) is 47.2 Å². The highest BCUT2D eigenvalue weighted by molar-refractivity contribution is 6.30. The number of fused-ring (bicyclic) bond motifs is 1. The lowest BCUT2D eigenvalue weighted by molar-refractivity contribution is 0.0724. The molecule has 0 saturated carbocycles. The summed E-state index contributed by atoms with van der Waals surface area (Å²) in [7, 11) is 0. The molecule has 0 aliphatic carbocycles. The zero-order chi connectivity index (χ0) is 19.0. The third-order valence-electron chi connectivity index (χ3n) is 4.93. The third-order valence-corrected chi connectivity index (χ3v) is 5.16. The first-order valence-corrected chi connectivity index (χ1v) is 9.51. The Labute approximate surface area is 162 Å². The van der Waals surface area contributed by atoms with Gasteiger partial charge in [0, 0.05) is 36.3 Å². The number of carbonyl (C=O) groups is 2. The molecule has 1 saturated heterocycles. The Morgan fingerprint density at radius 2 is 1.81 bits per heavy atom. The summed E-state index contributed by atoms with van der Waals surface area (Å²) < 4.78 is 1.79.